The molecule has 23 heavy (non-hydrogen) atoms. The van der Waals surface area contributed by atoms with Crippen LogP contribution in [0.25, 0.3) is 11.4 Å². The molecule has 0 spiro atoms. The lowest BCUT2D eigenvalue weighted by molar-refractivity contribution is -0.140. The Kier molecular flexibility index (Phi) is 3.59. The molecular weight excluding hydrogens is 300 g/mol. The van der Waals surface area contributed by atoms with Crippen LogP contribution in [0.4, 0.5) is 0 Å². The third kappa shape index (κ3) is 2.79. The first-order valence-electron chi connectivity index (χ1n) is 7.14. The van der Waals surface area contributed by atoms with E-state index in [2.05, 4.69) is 20.4 Å². The number of carbonyl (C=O) groups is 2. The van der Waals surface area contributed by atoms with Gasteiger partial charge in [0.05, 0.1) is 18.4 Å². The standard InChI is InChI=1S/C15H16N4O4/c1-15(2)10(11(15)14(21)22)13(20)17-7-9-18-12(19-23-9)8-3-5-16-6-4-8/h3-6,10-11H,7H2,1-2H3,(H,17,20)(H,21,22)/t10-,11+/m0/s1. The molecule has 1 fully saturated rings. The van der Waals surface area contributed by atoms with Gasteiger partial charge in [0.1, 0.15) is 0 Å². The summed E-state index contributed by atoms with van der Waals surface area (Å²) in [6.45, 7) is 3.60. The van der Waals surface area contributed by atoms with Gasteiger partial charge in [0, 0.05) is 18.0 Å². The molecule has 1 aliphatic carbocycles. The molecule has 0 radical (unpaired) electrons. The van der Waals surface area contributed by atoms with Gasteiger partial charge >= 0.3 is 5.97 Å². The zero-order chi connectivity index (χ0) is 16.6. The van der Waals surface area contributed by atoms with E-state index < -0.39 is 23.2 Å². The number of hydrogen-bond acceptors (Lipinski definition) is 6. The first kappa shape index (κ1) is 15.1. The zero-order valence-corrected chi connectivity index (χ0v) is 12.7. The Morgan fingerprint density at radius 2 is 2.00 bits per heavy atom. The number of hydrogen-bond donors (Lipinski definition) is 2. The number of aromatic nitrogens is 3. The van der Waals surface area contributed by atoms with Crippen molar-refractivity contribution in [3.63, 3.8) is 0 Å². The minimum absolute atomic E-state index is 0.0653. The second kappa shape index (κ2) is 5.45. The van der Waals surface area contributed by atoms with Crippen molar-refractivity contribution in [1.82, 2.24) is 20.4 Å². The maximum absolute atomic E-state index is 12.1. The van der Waals surface area contributed by atoms with Crippen LogP contribution in [0.2, 0.25) is 0 Å². The van der Waals surface area contributed by atoms with Crippen molar-refractivity contribution in [2.75, 3.05) is 0 Å². The summed E-state index contributed by atoms with van der Waals surface area (Å²) in [6.07, 6.45) is 3.24. The van der Waals surface area contributed by atoms with Gasteiger partial charge in [0.15, 0.2) is 0 Å². The van der Waals surface area contributed by atoms with Crippen LogP contribution in [-0.4, -0.2) is 32.1 Å². The number of aliphatic carboxylic acids is 1. The molecule has 120 valence electrons. The van der Waals surface area contributed by atoms with E-state index in [9.17, 15) is 9.59 Å². The molecule has 2 atom stereocenters. The summed E-state index contributed by atoms with van der Waals surface area (Å²) in [5, 5.41) is 15.6. The smallest absolute Gasteiger partial charge is 0.307 e. The van der Waals surface area contributed by atoms with Gasteiger partial charge in [-0.3, -0.25) is 14.6 Å². The third-order valence-corrected chi connectivity index (χ3v) is 4.20. The van der Waals surface area contributed by atoms with E-state index in [1.807, 2.05) is 0 Å². The second-order valence-electron chi connectivity index (χ2n) is 6.08. The molecule has 2 heterocycles. The number of carboxylic acid groups (broad SMARTS) is 1. The topological polar surface area (TPSA) is 118 Å². The minimum Gasteiger partial charge on any atom is -0.481 e. The van der Waals surface area contributed by atoms with Crippen LogP contribution >= 0.6 is 0 Å². The largest absolute Gasteiger partial charge is 0.481 e. The molecule has 2 aromatic rings. The Balaban J connectivity index is 1.61. The number of nitrogens with zero attached hydrogens (tertiary/aromatic N) is 3. The van der Waals surface area contributed by atoms with Crippen LogP contribution in [-0.2, 0) is 16.1 Å². The molecule has 2 N–H and O–H groups in total. The number of nitrogens with one attached hydrogen (secondary N) is 1. The number of rotatable bonds is 5. The van der Waals surface area contributed by atoms with Crippen LogP contribution in [0.3, 0.4) is 0 Å². The van der Waals surface area contributed by atoms with Crippen LogP contribution < -0.4 is 5.32 Å². The summed E-state index contributed by atoms with van der Waals surface area (Å²) in [5.74, 6) is -1.79. The van der Waals surface area contributed by atoms with Gasteiger partial charge in [0.25, 0.3) is 0 Å². The summed E-state index contributed by atoms with van der Waals surface area (Å²) in [4.78, 5) is 31.3. The number of amides is 1. The Morgan fingerprint density at radius 1 is 1.30 bits per heavy atom. The van der Waals surface area contributed by atoms with Crippen molar-refractivity contribution in [3.05, 3.63) is 30.4 Å². The van der Waals surface area contributed by atoms with E-state index in [-0.39, 0.29) is 18.3 Å². The first-order valence-corrected chi connectivity index (χ1v) is 7.14. The average molecular weight is 316 g/mol. The third-order valence-electron chi connectivity index (χ3n) is 4.20. The fraction of sp³-hybridized carbons (Fsp3) is 0.400. The number of carboxylic acids is 1. The predicted octanol–water partition coefficient (Wildman–Crippen LogP) is 1.10. The molecule has 3 rings (SSSR count). The summed E-state index contributed by atoms with van der Waals surface area (Å²) in [5.41, 5.74) is 0.225. The molecule has 1 aliphatic rings. The van der Waals surface area contributed by atoms with Gasteiger partial charge in [0.2, 0.25) is 17.6 Å². The van der Waals surface area contributed by atoms with E-state index >= 15 is 0 Å². The van der Waals surface area contributed by atoms with Crippen LogP contribution in [0, 0.1) is 17.3 Å². The first-order chi connectivity index (χ1) is 10.9. The van der Waals surface area contributed by atoms with E-state index in [1.54, 1.807) is 38.4 Å². The Labute approximate surface area is 131 Å². The lowest BCUT2D eigenvalue weighted by Crippen LogP contribution is -2.27. The lowest BCUT2D eigenvalue weighted by Gasteiger charge is -2.02. The molecule has 1 saturated carbocycles. The maximum Gasteiger partial charge on any atom is 0.307 e. The van der Waals surface area contributed by atoms with Crippen LogP contribution in [0.1, 0.15) is 19.7 Å². The Bertz CT molecular complexity index is 741. The number of pyridine rings is 1. The SMILES string of the molecule is CC1(C)[C@H](C(=O)NCc2nc(-c3ccncc3)no2)[C@@H]1C(=O)O. The minimum atomic E-state index is -0.951. The molecule has 1 amide bonds. The molecule has 0 aliphatic heterocycles. The molecule has 8 heteroatoms. The summed E-state index contributed by atoms with van der Waals surface area (Å²) >= 11 is 0. The van der Waals surface area contributed by atoms with Gasteiger partial charge in [-0.1, -0.05) is 19.0 Å². The molecular formula is C15H16N4O4. The Hall–Kier alpha value is -2.77. The fourth-order valence-corrected chi connectivity index (χ4v) is 2.81. The van der Waals surface area contributed by atoms with Crippen molar-refractivity contribution in [3.8, 4) is 11.4 Å². The summed E-state index contributed by atoms with van der Waals surface area (Å²) in [7, 11) is 0. The fourth-order valence-electron chi connectivity index (χ4n) is 2.81. The molecule has 0 saturated heterocycles. The monoisotopic (exact) mass is 316 g/mol. The highest BCUT2D eigenvalue weighted by atomic mass is 16.5. The Morgan fingerprint density at radius 3 is 2.61 bits per heavy atom. The van der Waals surface area contributed by atoms with Crippen molar-refractivity contribution >= 4 is 11.9 Å². The van der Waals surface area contributed by atoms with Gasteiger partial charge in [-0.25, -0.2) is 0 Å². The highest BCUT2D eigenvalue weighted by Crippen LogP contribution is 2.58. The van der Waals surface area contributed by atoms with E-state index in [4.69, 9.17) is 9.63 Å². The molecule has 0 bridgehead atoms. The van der Waals surface area contributed by atoms with Crippen molar-refractivity contribution in [1.29, 1.82) is 0 Å². The quantitative estimate of drug-likeness (QED) is 0.848. The molecule has 0 unspecified atom stereocenters. The normalized spacial score (nSPS) is 21.7. The van der Waals surface area contributed by atoms with Crippen molar-refractivity contribution < 1.29 is 19.2 Å². The van der Waals surface area contributed by atoms with Crippen LogP contribution in [0.15, 0.2) is 29.0 Å². The van der Waals surface area contributed by atoms with Crippen molar-refractivity contribution in [2.45, 2.75) is 20.4 Å². The predicted molar refractivity (Wildman–Crippen MR) is 77.8 cm³/mol. The summed E-state index contributed by atoms with van der Waals surface area (Å²) < 4.78 is 5.08. The van der Waals surface area contributed by atoms with Gasteiger partial charge in [-0.2, -0.15) is 4.98 Å². The highest BCUT2D eigenvalue weighted by molar-refractivity contribution is 5.91. The van der Waals surface area contributed by atoms with E-state index in [0.717, 1.165) is 5.56 Å². The van der Waals surface area contributed by atoms with Crippen LogP contribution in [0.5, 0.6) is 0 Å². The highest BCUT2D eigenvalue weighted by Gasteiger charge is 2.65. The van der Waals surface area contributed by atoms with Crippen molar-refractivity contribution in [2.24, 2.45) is 17.3 Å². The molecule has 8 nitrogen and oxygen atoms in total. The van der Waals surface area contributed by atoms with Gasteiger partial charge in [-0.05, 0) is 17.5 Å². The lowest BCUT2D eigenvalue weighted by atomic mass is 10.1. The summed E-state index contributed by atoms with van der Waals surface area (Å²) in [6, 6.07) is 3.49. The molecule has 0 aromatic carbocycles. The zero-order valence-electron chi connectivity index (χ0n) is 12.7. The van der Waals surface area contributed by atoms with E-state index in [0.29, 0.717) is 5.82 Å². The number of carbonyl (C=O) groups excluding carboxylic acids is 1. The maximum atomic E-state index is 12.1. The van der Waals surface area contributed by atoms with Gasteiger partial charge < -0.3 is 14.9 Å². The second-order valence-corrected chi connectivity index (χ2v) is 6.08. The molecule has 2 aromatic heterocycles. The van der Waals surface area contributed by atoms with Gasteiger partial charge in [-0.15, -0.1) is 0 Å². The average Bonchev–Trinajstić information content (AvgIpc) is 2.88. The van der Waals surface area contributed by atoms with E-state index in [1.165, 1.54) is 0 Å².